The van der Waals surface area contributed by atoms with Crippen LogP contribution in [0.5, 0.6) is 0 Å². The summed E-state index contributed by atoms with van der Waals surface area (Å²) in [5.74, 6) is 0.678. The lowest BCUT2D eigenvalue weighted by Crippen LogP contribution is -2.24. The van der Waals surface area contributed by atoms with Crippen molar-refractivity contribution >= 4 is 11.7 Å². The van der Waals surface area contributed by atoms with E-state index in [4.69, 9.17) is 0 Å². The number of anilines is 1. The van der Waals surface area contributed by atoms with E-state index >= 15 is 0 Å². The highest BCUT2D eigenvalue weighted by Gasteiger charge is 2.29. The Kier molecular flexibility index (Phi) is 4.45. The standard InChI is InChI=1S/C13H11N3O.C3H8/c1-9-2-5-15-12(6-9)16-8-10-3-4-14-7-11(10)13(16)17;1-3-2/h2-7H,8H2,1H3;3H2,1-2H3. The van der Waals surface area contributed by atoms with Crippen LogP contribution in [-0.2, 0) is 6.54 Å². The first-order valence-electron chi connectivity index (χ1n) is 6.84. The summed E-state index contributed by atoms with van der Waals surface area (Å²) in [6.45, 7) is 6.81. The monoisotopic (exact) mass is 269 g/mol. The highest BCUT2D eigenvalue weighted by atomic mass is 16.2. The molecule has 20 heavy (non-hydrogen) atoms. The molecule has 1 amide bonds. The summed E-state index contributed by atoms with van der Waals surface area (Å²) in [5, 5.41) is 0. The molecule has 0 spiro atoms. The van der Waals surface area contributed by atoms with E-state index in [1.165, 1.54) is 6.42 Å². The van der Waals surface area contributed by atoms with Crippen LogP contribution in [0.25, 0.3) is 0 Å². The number of carbonyl (C=O) groups is 1. The van der Waals surface area contributed by atoms with Gasteiger partial charge in [0.05, 0.1) is 12.1 Å². The minimum absolute atomic E-state index is 0.0220. The summed E-state index contributed by atoms with van der Waals surface area (Å²) in [5.41, 5.74) is 2.78. The number of fused-ring (bicyclic) bond motifs is 1. The average molecular weight is 269 g/mol. The van der Waals surface area contributed by atoms with Gasteiger partial charge in [-0.3, -0.25) is 14.7 Å². The van der Waals surface area contributed by atoms with Crippen molar-refractivity contribution in [2.75, 3.05) is 4.90 Å². The van der Waals surface area contributed by atoms with Crippen LogP contribution < -0.4 is 4.90 Å². The Morgan fingerprint density at radius 1 is 1.25 bits per heavy atom. The van der Waals surface area contributed by atoms with Crippen LogP contribution in [-0.4, -0.2) is 15.9 Å². The van der Waals surface area contributed by atoms with Crippen LogP contribution in [0, 0.1) is 6.92 Å². The molecule has 0 fully saturated rings. The van der Waals surface area contributed by atoms with Crippen molar-refractivity contribution in [1.82, 2.24) is 9.97 Å². The first-order valence-corrected chi connectivity index (χ1v) is 6.84. The van der Waals surface area contributed by atoms with Gasteiger partial charge in [-0.15, -0.1) is 0 Å². The summed E-state index contributed by atoms with van der Waals surface area (Å²) in [6.07, 6.45) is 6.30. The Labute approximate surface area is 119 Å². The summed E-state index contributed by atoms with van der Waals surface area (Å²) < 4.78 is 0. The molecule has 0 saturated heterocycles. The van der Waals surface area contributed by atoms with Crippen molar-refractivity contribution in [3.05, 3.63) is 53.5 Å². The van der Waals surface area contributed by atoms with E-state index in [0.29, 0.717) is 17.9 Å². The largest absolute Gasteiger partial charge is 0.288 e. The van der Waals surface area contributed by atoms with Crippen molar-refractivity contribution < 1.29 is 4.79 Å². The molecule has 0 atom stereocenters. The Morgan fingerprint density at radius 2 is 2.00 bits per heavy atom. The van der Waals surface area contributed by atoms with Crippen molar-refractivity contribution in [2.24, 2.45) is 0 Å². The zero-order chi connectivity index (χ0) is 14.5. The minimum atomic E-state index is -0.0220. The van der Waals surface area contributed by atoms with E-state index in [1.54, 1.807) is 23.5 Å². The predicted molar refractivity (Wildman–Crippen MR) is 79.7 cm³/mol. The van der Waals surface area contributed by atoms with Gasteiger partial charge < -0.3 is 0 Å². The smallest absolute Gasteiger partial charge is 0.261 e. The van der Waals surface area contributed by atoms with Gasteiger partial charge in [-0.2, -0.15) is 0 Å². The molecule has 2 aromatic heterocycles. The van der Waals surface area contributed by atoms with E-state index in [0.717, 1.165) is 11.1 Å². The van der Waals surface area contributed by atoms with Gasteiger partial charge in [-0.05, 0) is 36.2 Å². The molecule has 3 rings (SSSR count). The molecule has 104 valence electrons. The van der Waals surface area contributed by atoms with Crippen LogP contribution in [0.2, 0.25) is 0 Å². The molecule has 4 nitrogen and oxygen atoms in total. The highest BCUT2D eigenvalue weighted by Crippen LogP contribution is 2.26. The third kappa shape index (κ3) is 2.85. The molecule has 0 bridgehead atoms. The summed E-state index contributed by atoms with van der Waals surface area (Å²) >= 11 is 0. The van der Waals surface area contributed by atoms with Gasteiger partial charge in [0.15, 0.2) is 0 Å². The Hall–Kier alpha value is -2.23. The SMILES string of the molecule is CCC.Cc1ccnc(N2Cc3ccncc3C2=O)c1. The van der Waals surface area contributed by atoms with Crippen LogP contribution in [0.1, 0.15) is 41.8 Å². The number of amides is 1. The topological polar surface area (TPSA) is 46.1 Å². The maximum atomic E-state index is 12.2. The number of nitrogens with zero attached hydrogens (tertiary/aromatic N) is 3. The summed E-state index contributed by atoms with van der Waals surface area (Å²) in [4.78, 5) is 22.1. The molecule has 1 aliphatic heterocycles. The van der Waals surface area contributed by atoms with E-state index < -0.39 is 0 Å². The fourth-order valence-corrected chi connectivity index (χ4v) is 1.99. The number of rotatable bonds is 1. The Balaban J connectivity index is 0.000000452. The van der Waals surface area contributed by atoms with E-state index in [9.17, 15) is 4.79 Å². The second-order valence-corrected chi connectivity index (χ2v) is 4.82. The number of aryl methyl sites for hydroxylation is 1. The lowest BCUT2D eigenvalue weighted by atomic mass is 10.2. The molecule has 0 aromatic carbocycles. The number of hydrogen-bond donors (Lipinski definition) is 0. The van der Waals surface area contributed by atoms with Crippen molar-refractivity contribution in [1.29, 1.82) is 0 Å². The molecule has 4 heteroatoms. The lowest BCUT2D eigenvalue weighted by molar-refractivity contribution is 0.0995. The van der Waals surface area contributed by atoms with E-state index in [1.807, 2.05) is 25.1 Å². The number of carbonyl (C=O) groups excluding carboxylic acids is 1. The first kappa shape index (κ1) is 14.2. The fraction of sp³-hybridized carbons (Fsp3) is 0.312. The van der Waals surface area contributed by atoms with Gasteiger partial charge in [0.25, 0.3) is 5.91 Å². The van der Waals surface area contributed by atoms with Gasteiger partial charge in [-0.25, -0.2) is 4.98 Å². The molecule has 0 saturated carbocycles. The Bertz CT molecular complexity index is 610. The lowest BCUT2D eigenvalue weighted by Gasteiger charge is -2.14. The van der Waals surface area contributed by atoms with Crippen LogP contribution in [0.4, 0.5) is 5.82 Å². The van der Waals surface area contributed by atoms with Crippen molar-refractivity contribution in [2.45, 2.75) is 33.7 Å². The highest BCUT2D eigenvalue weighted by molar-refractivity contribution is 6.09. The molecular weight excluding hydrogens is 250 g/mol. The van der Waals surface area contributed by atoms with E-state index in [2.05, 4.69) is 23.8 Å². The molecule has 0 aliphatic carbocycles. The zero-order valence-electron chi connectivity index (χ0n) is 12.1. The molecule has 3 heterocycles. The number of pyridine rings is 2. The predicted octanol–water partition coefficient (Wildman–Crippen LogP) is 3.36. The molecule has 0 unspecified atom stereocenters. The molecule has 1 aliphatic rings. The van der Waals surface area contributed by atoms with Crippen LogP contribution >= 0.6 is 0 Å². The normalized spacial score (nSPS) is 12.8. The average Bonchev–Trinajstić information content (AvgIpc) is 2.78. The van der Waals surface area contributed by atoms with E-state index in [-0.39, 0.29) is 5.91 Å². The number of aromatic nitrogens is 2. The number of hydrogen-bond acceptors (Lipinski definition) is 3. The summed E-state index contributed by atoms with van der Waals surface area (Å²) in [6, 6.07) is 5.71. The Morgan fingerprint density at radius 3 is 2.65 bits per heavy atom. The van der Waals surface area contributed by atoms with Crippen LogP contribution in [0.3, 0.4) is 0 Å². The van der Waals surface area contributed by atoms with Crippen molar-refractivity contribution in [3.8, 4) is 0 Å². The zero-order valence-corrected chi connectivity index (χ0v) is 12.1. The molecule has 0 N–H and O–H groups in total. The molecular formula is C16H19N3O. The quantitative estimate of drug-likeness (QED) is 0.797. The first-order chi connectivity index (χ1) is 9.67. The third-order valence-corrected chi connectivity index (χ3v) is 2.89. The molecule has 0 radical (unpaired) electrons. The minimum Gasteiger partial charge on any atom is -0.288 e. The van der Waals surface area contributed by atoms with Crippen LogP contribution in [0.15, 0.2) is 36.8 Å². The van der Waals surface area contributed by atoms with Gasteiger partial charge >= 0.3 is 0 Å². The van der Waals surface area contributed by atoms with Crippen molar-refractivity contribution in [3.63, 3.8) is 0 Å². The fourth-order valence-electron chi connectivity index (χ4n) is 1.99. The second-order valence-electron chi connectivity index (χ2n) is 4.82. The van der Waals surface area contributed by atoms with Gasteiger partial charge in [0.1, 0.15) is 5.82 Å². The second kappa shape index (κ2) is 6.28. The maximum absolute atomic E-state index is 12.2. The summed E-state index contributed by atoms with van der Waals surface area (Å²) in [7, 11) is 0. The molecule has 2 aromatic rings. The van der Waals surface area contributed by atoms with Gasteiger partial charge in [-0.1, -0.05) is 20.3 Å². The van der Waals surface area contributed by atoms with Gasteiger partial charge in [0, 0.05) is 18.6 Å². The maximum Gasteiger partial charge on any atom is 0.261 e. The van der Waals surface area contributed by atoms with Gasteiger partial charge in [0.2, 0.25) is 0 Å². The third-order valence-electron chi connectivity index (χ3n) is 2.89.